The van der Waals surface area contributed by atoms with Crippen molar-refractivity contribution in [3.05, 3.63) is 58.7 Å². The Morgan fingerprint density at radius 2 is 1.63 bits per heavy atom. The Morgan fingerprint density at radius 3 is 2.34 bits per heavy atom. The molecular formula is C28H37N3O4. The molecule has 0 heterocycles. The molecule has 1 aliphatic rings. The zero-order valence-corrected chi connectivity index (χ0v) is 21.0. The molecular weight excluding hydrogens is 442 g/mol. The molecule has 0 aromatic heterocycles. The zero-order chi connectivity index (χ0) is 25.2. The lowest BCUT2D eigenvalue weighted by Crippen LogP contribution is -2.35. The van der Waals surface area contributed by atoms with Crippen LogP contribution in [-0.2, 0) is 16.1 Å². The number of carbonyl (C=O) groups is 3. The van der Waals surface area contributed by atoms with Gasteiger partial charge in [0.15, 0.2) is 6.61 Å². The first kappa shape index (κ1) is 26.3. The monoisotopic (exact) mass is 479 g/mol. The number of anilines is 1. The Morgan fingerprint density at radius 1 is 0.943 bits per heavy atom. The zero-order valence-electron chi connectivity index (χ0n) is 21.0. The van der Waals surface area contributed by atoms with Gasteiger partial charge in [0.25, 0.3) is 11.8 Å². The molecule has 0 unspecified atom stereocenters. The lowest BCUT2D eigenvalue weighted by molar-refractivity contribution is -0.123. The van der Waals surface area contributed by atoms with Gasteiger partial charge >= 0.3 is 0 Å². The number of hydrogen-bond donors (Lipinski definition) is 3. The number of benzene rings is 2. The molecule has 35 heavy (non-hydrogen) atoms. The first-order valence-corrected chi connectivity index (χ1v) is 12.5. The standard InChI is InChI=1S/C28H37N3O4/c1-19-15-16-22(20(2)27(19)30-21(3)32)17-29-26(33)18-35-25-14-10-9-13-24(25)28(34)31-23-11-7-5-4-6-8-12-23/h9-10,13-16,23H,4-8,11-12,17-18H2,1-3H3,(H,29,33)(H,30,32)(H,31,34). The molecule has 7 heteroatoms. The van der Waals surface area contributed by atoms with Crippen LogP contribution in [0.4, 0.5) is 5.69 Å². The van der Waals surface area contributed by atoms with E-state index in [0.717, 1.165) is 48.1 Å². The van der Waals surface area contributed by atoms with Crippen LogP contribution in [-0.4, -0.2) is 30.4 Å². The average Bonchev–Trinajstić information content (AvgIpc) is 2.81. The maximum atomic E-state index is 12.9. The third-order valence-corrected chi connectivity index (χ3v) is 6.49. The van der Waals surface area contributed by atoms with Crippen LogP contribution in [0.3, 0.4) is 0 Å². The Hall–Kier alpha value is -3.35. The molecule has 1 aliphatic carbocycles. The van der Waals surface area contributed by atoms with E-state index in [1.807, 2.05) is 26.0 Å². The van der Waals surface area contributed by atoms with Crippen molar-refractivity contribution in [3.8, 4) is 5.75 Å². The Labute approximate surface area is 208 Å². The highest BCUT2D eigenvalue weighted by Crippen LogP contribution is 2.24. The maximum Gasteiger partial charge on any atom is 0.258 e. The largest absolute Gasteiger partial charge is 0.483 e. The van der Waals surface area contributed by atoms with Crippen LogP contribution < -0.4 is 20.7 Å². The summed E-state index contributed by atoms with van der Waals surface area (Å²) in [6.07, 6.45) is 7.99. The molecule has 2 aromatic carbocycles. The SMILES string of the molecule is CC(=O)Nc1c(C)ccc(CNC(=O)COc2ccccc2C(=O)NC2CCCCCCC2)c1C. The van der Waals surface area contributed by atoms with Gasteiger partial charge in [0.05, 0.1) is 5.56 Å². The maximum absolute atomic E-state index is 12.9. The average molecular weight is 480 g/mol. The van der Waals surface area contributed by atoms with E-state index in [4.69, 9.17) is 4.74 Å². The van der Waals surface area contributed by atoms with Gasteiger partial charge in [-0.3, -0.25) is 14.4 Å². The number of nitrogens with one attached hydrogen (secondary N) is 3. The fourth-order valence-corrected chi connectivity index (χ4v) is 4.48. The number of para-hydroxylation sites is 1. The smallest absolute Gasteiger partial charge is 0.258 e. The van der Waals surface area contributed by atoms with Gasteiger partial charge in [-0.2, -0.15) is 0 Å². The second kappa shape index (κ2) is 12.9. The molecule has 1 saturated carbocycles. The summed E-state index contributed by atoms with van der Waals surface area (Å²) in [5.74, 6) is -0.192. The molecule has 3 amide bonds. The summed E-state index contributed by atoms with van der Waals surface area (Å²) in [6.45, 7) is 5.43. The van der Waals surface area contributed by atoms with Crippen molar-refractivity contribution in [2.75, 3.05) is 11.9 Å². The van der Waals surface area contributed by atoms with E-state index in [1.54, 1.807) is 24.3 Å². The fourth-order valence-electron chi connectivity index (χ4n) is 4.48. The van der Waals surface area contributed by atoms with Gasteiger partial charge in [0, 0.05) is 25.2 Å². The molecule has 1 fully saturated rings. The molecule has 3 N–H and O–H groups in total. The number of amides is 3. The summed E-state index contributed by atoms with van der Waals surface area (Å²) in [7, 11) is 0. The Balaban J connectivity index is 1.56. The van der Waals surface area contributed by atoms with Crippen LogP contribution in [0.25, 0.3) is 0 Å². The summed E-state index contributed by atoms with van der Waals surface area (Å²) in [5, 5.41) is 8.87. The number of hydrogen-bond acceptors (Lipinski definition) is 4. The Bertz CT molecular complexity index is 1040. The van der Waals surface area contributed by atoms with Crippen molar-refractivity contribution >= 4 is 23.4 Å². The summed E-state index contributed by atoms with van der Waals surface area (Å²) < 4.78 is 5.74. The third kappa shape index (κ3) is 7.84. The predicted octanol–water partition coefficient (Wildman–Crippen LogP) is 4.80. The normalized spacial score (nSPS) is 14.4. The molecule has 2 aromatic rings. The third-order valence-electron chi connectivity index (χ3n) is 6.49. The van der Waals surface area contributed by atoms with Crippen molar-refractivity contribution in [2.45, 2.75) is 78.3 Å². The molecule has 0 atom stereocenters. The minimum Gasteiger partial charge on any atom is -0.483 e. The Kier molecular flexibility index (Phi) is 9.70. The van der Waals surface area contributed by atoms with E-state index in [9.17, 15) is 14.4 Å². The van der Waals surface area contributed by atoms with Gasteiger partial charge in [0.2, 0.25) is 5.91 Å². The molecule has 0 radical (unpaired) electrons. The lowest BCUT2D eigenvalue weighted by Gasteiger charge is -2.21. The van der Waals surface area contributed by atoms with E-state index >= 15 is 0 Å². The quantitative estimate of drug-likeness (QED) is 0.507. The van der Waals surface area contributed by atoms with Gasteiger partial charge in [-0.15, -0.1) is 0 Å². The van der Waals surface area contributed by atoms with Gasteiger partial charge < -0.3 is 20.7 Å². The van der Waals surface area contributed by atoms with Crippen molar-refractivity contribution in [1.29, 1.82) is 0 Å². The van der Waals surface area contributed by atoms with Gasteiger partial charge in [-0.25, -0.2) is 0 Å². The van der Waals surface area contributed by atoms with Gasteiger partial charge in [-0.1, -0.05) is 56.4 Å². The summed E-state index contributed by atoms with van der Waals surface area (Å²) in [5.41, 5.74) is 4.00. The first-order valence-electron chi connectivity index (χ1n) is 12.5. The summed E-state index contributed by atoms with van der Waals surface area (Å²) in [6, 6.07) is 11.1. The molecule has 0 spiro atoms. The second-order valence-corrected chi connectivity index (χ2v) is 9.30. The van der Waals surface area contributed by atoms with E-state index in [2.05, 4.69) is 16.0 Å². The van der Waals surface area contributed by atoms with Crippen LogP contribution in [0.5, 0.6) is 5.75 Å². The molecule has 0 saturated heterocycles. The van der Waals surface area contributed by atoms with E-state index in [0.29, 0.717) is 17.9 Å². The van der Waals surface area contributed by atoms with Crippen molar-refractivity contribution in [3.63, 3.8) is 0 Å². The van der Waals surface area contributed by atoms with E-state index in [1.165, 1.54) is 26.2 Å². The molecule has 0 bridgehead atoms. The highest BCUT2D eigenvalue weighted by molar-refractivity contribution is 5.97. The highest BCUT2D eigenvalue weighted by atomic mass is 16.5. The van der Waals surface area contributed by atoms with Crippen LogP contribution in [0, 0.1) is 13.8 Å². The van der Waals surface area contributed by atoms with Crippen molar-refractivity contribution in [2.24, 2.45) is 0 Å². The van der Waals surface area contributed by atoms with Gasteiger partial charge in [0.1, 0.15) is 5.75 Å². The van der Waals surface area contributed by atoms with E-state index in [-0.39, 0.29) is 30.4 Å². The van der Waals surface area contributed by atoms with Crippen molar-refractivity contribution in [1.82, 2.24) is 10.6 Å². The lowest BCUT2D eigenvalue weighted by atomic mass is 9.96. The molecule has 0 aliphatic heterocycles. The van der Waals surface area contributed by atoms with E-state index < -0.39 is 0 Å². The minimum absolute atomic E-state index is 0.136. The minimum atomic E-state index is -0.290. The number of ether oxygens (including phenoxy) is 1. The topological polar surface area (TPSA) is 96.5 Å². The van der Waals surface area contributed by atoms with Crippen LogP contribution in [0.15, 0.2) is 36.4 Å². The summed E-state index contributed by atoms with van der Waals surface area (Å²) >= 11 is 0. The first-order chi connectivity index (χ1) is 16.8. The highest BCUT2D eigenvalue weighted by Gasteiger charge is 2.18. The molecule has 188 valence electrons. The van der Waals surface area contributed by atoms with Crippen LogP contribution in [0.1, 0.15) is 78.9 Å². The van der Waals surface area contributed by atoms with Crippen LogP contribution >= 0.6 is 0 Å². The second-order valence-electron chi connectivity index (χ2n) is 9.30. The summed E-state index contributed by atoms with van der Waals surface area (Å²) in [4.78, 5) is 36.9. The molecule has 3 rings (SSSR count). The molecule has 7 nitrogen and oxygen atoms in total. The van der Waals surface area contributed by atoms with Crippen molar-refractivity contribution < 1.29 is 19.1 Å². The predicted molar refractivity (Wildman–Crippen MR) is 138 cm³/mol. The van der Waals surface area contributed by atoms with Gasteiger partial charge in [-0.05, 0) is 55.5 Å². The number of aryl methyl sites for hydroxylation is 1. The number of rotatable bonds is 8. The fraction of sp³-hybridized carbons (Fsp3) is 0.464. The number of carbonyl (C=O) groups excluding carboxylic acids is 3. The van der Waals surface area contributed by atoms with Crippen LogP contribution in [0.2, 0.25) is 0 Å².